The molecule has 0 saturated heterocycles. The number of nitro groups is 1. The molecule has 7 nitrogen and oxygen atoms in total. The van der Waals surface area contributed by atoms with Gasteiger partial charge in [-0.05, 0) is 17.5 Å². The number of hydrogen-bond donors (Lipinski definition) is 2. The molecule has 0 spiro atoms. The van der Waals surface area contributed by atoms with E-state index in [1.54, 1.807) is 11.4 Å². The highest BCUT2D eigenvalue weighted by Gasteiger charge is 2.24. The number of benzene rings is 1. The standard InChI is InChI=1S/C10H8N2O5S2/c13-8-4-1-3-7(12(14)15)10(8)11-19(16,17)9-5-2-6-18-9/h1-6,11,13H. The van der Waals surface area contributed by atoms with E-state index in [4.69, 9.17) is 0 Å². The van der Waals surface area contributed by atoms with E-state index < -0.39 is 32.1 Å². The molecule has 0 fully saturated rings. The monoisotopic (exact) mass is 300 g/mol. The molecule has 1 heterocycles. The third kappa shape index (κ3) is 2.66. The van der Waals surface area contributed by atoms with E-state index in [2.05, 4.69) is 0 Å². The third-order valence-electron chi connectivity index (χ3n) is 2.21. The van der Waals surface area contributed by atoms with E-state index in [1.807, 2.05) is 4.72 Å². The summed E-state index contributed by atoms with van der Waals surface area (Å²) in [6.07, 6.45) is 0. The van der Waals surface area contributed by atoms with E-state index >= 15 is 0 Å². The summed E-state index contributed by atoms with van der Waals surface area (Å²) in [4.78, 5) is 10.0. The van der Waals surface area contributed by atoms with Crippen molar-refractivity contribution >= 4 is 32.7 Å². The summed E-state index contributed by atoms with van der Waals surface area (Å²) in [6.45, 7) is 0. The Morgan fingerprint density at radius 3 is 2.58 bits per heavy atom. The van der Waals surface area contributed by atoms with Crippen molar-refractivity contribution in [2.24, 2.45) is 0 Å². The molecule has 0 saturated carbocycles. The molecule has 100 valence electrons. The van der Waals surface area contributed by atoms with Gasteiger partial charge in [0.05, 0.1) is 4.92 Å². The van der Waals surface area contributed by atoms with Crippen LogP contribution in [0.4, 0.5) is 11.4 Å². The summed E-state index contributed by atoms with van der Waals surface area (Å²) in [5.74, 6) is -0.505. The van der Waals surface area contributed by atoms with Gasteiger partial charge in [0.1, 0.15) is 9.96 Å². The molecule has 2 N–H and O–H groups in total. The van der Waals surface area contributed by atoms with Crippen molar-refractivity contribution in [2.75, 3.05) is 4.72 Å². The smallest absolute Gasteiger partial charge is 0.297 e. The Bertz CT molecular complexity index is 710. The molecule has 0 bridgehead atoms. The minimum absolute atomic E-state index is 0.00468. The zero-order valence-corrected chi connectivity index (χ0v) is 10.9. The number of sulfonamides is 1. The Morgan fingerprint density at radius 2 is 2.00 bits per heavy atom. The highest BCUT2D eigenvalue weighted by atomic mass is 32.2. The lowest BCUT2D eigenvalue weighted by Crippen LogP contribution is -2.12. The summed E-state index contributed by atoms with van der Waals surface area (Å²) >= 11 is 0.967. The van der Waals surface area contributed by atoms with Gasteiger partial charge < -0.3 is 5.11 Å². The number of nitro benzene ring substituents is 1. The van der Waals surface area contributed by atoms with Gasteiger partial charge in [-0.2, -0.15) is 0 Å². The fourth-order valence-electron chi connectivity index (χ4n) is 1.39. The van der Waals surface area contributed by atoms with Crippen molar-refractivity contribution in [3.05, 3.63) is 45.8 Å². The Balaban J connectivity index is 2.48. The van der Waals surface area contributed by atoms with Gasteiger partial charge in [-0.1, -0.05) is 12.1 Å². The molecule has 0 aliphatic rings. The van der Waals surface area contributed by atoms with Crippen LogP contribution in [0.2, 0.25) is 0 Å². The number of para-hydroxylation sites is 1. The van der Waals surface area contributed by atoms with Gasteiger partial charge in [0.2, 0.25) is 0 Å². The number of anilines is 1. The van der Waals surface area contributed by atoms with Gasteiger partial charge in [0.25, 0.3) is 15.7 Å². The fourth-order valence-corrected chi connectivity index (χ4v) is 3.47. The second-order valence-corrected chi connectivity index (χ2v) is 6.32. The van der Waals surface area contributed by atoms with E-state index in [0.29, 0.717) is 0 Å². The minimum atomic E-state index is -3.94. The minimum Gasteiger partial charge on any atom is -0.505 e. The first kappa shape index (κ1) is 13.3. The lowest BCUT2D eigenvalue weighted by molar-refractivity contribution is -0.383. The van der Waals surface area contributed by atoms with Gasteiger partial charge >= 0.3 is 0 Å². The number of phenolic OH excluding ortho intramolecular Hbond substituents is 1. The van der Waals surface area contributed by atoms with E-state index in [1.165, 1.54) is 18.2 Å². The zero-order valence-electron chi connectivity index (χ0n) is 9.31. The quantitative estimate of drug-likeness (QED) is 0.511. The highest BCUT2D eigenvalue weighted by Crippen LogP contribution is 2.35. The molecule has 1 aromatic heterocycles. The first-order chi connectivity index (χ1) is 8.92. The summed E-state index contributed by atoms with van der Waals surface area (Å²) in [5.41, 5.74) is -0.957. The van der Waals surface area contributed by atoms with E-state index in [9.17, 15) is 23.6 Å². The molecule has 2 aromatic rings. The Morgan fingerprint density at radius 1 is 1.26 bits per heavy atom. The topological polar surface area (TPSA) is 110 Å². The Labute approximate surface area is 112 Å². The molecule has 19 heavy (non-hydrogen) atoms. The van der Waals surface area contributed by atoms with Crippen molar-refractivity contribution in [1.29, 1.82) is 0 Å². The average Bonchev–Trinajstić information content (AvgIpc) is 2.85. The lowest BCUT2D eigenvalue weighted by atomic mass is 10.2. The lowest BCUT2D eigenvalue weighted by Gasteiger charge is -2.08. The SMILES string of the molecule is O=[N+]([O-])c1cccc(O)c1NS(=O)(=O)c1cccs1. The van der Waals surface area contributed by atoms with Crippen LogP contribution in [0.25, 0.3) is 0 Å². The maximum atomic E-state index is 12.0. The van der Waals surface area contributed by atoms with Crippen molar-refractivity contribution in [3.63, 3.8) is 0 Å². The highest BCUT2D eigenvalue weighted by molar-refractivity contribution is 7.94. The molecule has 0 radical (unpaired) electrons. The average molecular weight is 300 g/mol. The summed E-state index contributed by atoms with van der Waals surface area (Å²) in [5, 5.41) is 21.9. The predicted octanol–water partition coefficient (Wildman–Crippen LogP) is 2.16. The maximum absolute atomic E-state index is 12.0. The Hall–Kier alpha value is -2.13. The summed E-state index contributed by atoms with van der Waals surface area (Å²) in [6, 6.07) is 6.43. The third-order valence-corrected chi connectivity index (χ3v) is 4.96. The number of rotatable bonds is 4. The van der Waals surface area contributed by atoms with Gasteiger partial charge in [-0.15, -0.1) is 11.3 Å². The van der Waals surface area contributed by atoms with Crippen LogP contribution in [-0.2, 0) is 10.0 Å². The van der Waals surface area contributed by atoms with Crippen LogP contribution in [-0.4, -0.2) is 18.4 Å². The Kier molecular flexibility index (Phi) is 3.40. The largest absolute Gasteiger partial charge is 0.505 e. The van der Waals surface area contributed by atoms with Crippen molar-refractivity contribution in [3.8, 4) is 5.75 Å². The van der Waals surface area contributed by atoms with Crippen LogP contribution in [0.1, 0.15) is 0 Å². The van der Waals surface area contributed by atoms with Crippen LogP contribution < -0.4 is 4.72 Å². The van der Waals surface area contributed by atoms with Crippen LogP contribution >= 0.6 is 11.3 Å². The predicted molar refractivity (Wildman–Crippen MR) is 69.9 cm³/mol. The fraction of sp³-hybridized carbons (Fsp3) is 0. The second kappa shape index (κ2) is 4.86. The van der Waals surface area contributed by atoms with E-state index in [-0.39, 0.29) is 4.21 Å². The molecule has 1 aromatic carbocycles. The molecule has 2 rings (SSSR count). The van der Waals surface area contributed by atoms with Gasteiger partial charge in [0.15, 0.2) is 5.69 Å². The number of thiophene rings is 1. The number of aromatic hydroxyl groups is 1. The first-order valence-electron chi connectivity index (χ1n) is 4.94. The zero-order chi connectivity index (χ0) is 14.0. The number of hydrogen-bond acceptors (Lipinski definition) is 6. The molecule has 9 heteroatoms. The normalized spacial score (nSPS) is 11.2. The molecule has 0 atom stereocenters. The van der Waals surface area contributed by atoms with Gasteiger partial charge in [-0.25, -0.2) is 8.42 Å². The second-order valence-electron chi connectivity index (χ2n) is 3.47. The summed E-state index contributed by atoms with van der Waals surface area (Å²) in [7, 11) is -3.94. The van der Waals surface area contributed by atoms with Crippen LogP contribution in [0.15, 0.2) is 39.9 Å². The number of nitrogens with one attached hydrogen (secondary N) is 1. The van der Waals surface area contributed by atoms with Gasteiger partial charge in [-0.3, -0.25) is 14.8 Å². The number of nitrogens with zero attached hydrogens (tertiary/aromatic N) is 1. The molecule has 0 unspecified atom stereocenters. The molecular formula is C10H8N2O5S2. The summed E-state index contributed by atoms with van der Waals surface area (Å²) < 4.78 is 25.9. The molecule has 0 amide bonds. The van der Waals surface area contributed by atoms with Gasteiger partial charge in [0, 0.05) is 6.07 Å². The van der Waals surface area contributed by atoms with E-state index in [0.717, 1.165) is 17.4 Å². The first-order valence-corrected chi connectivity index (χ1v) is 7.31. The maximum Gasteiger partial charge on any atom is 0.297 e. The van der Waals surface area contributed by atoms with Crippen molar-refractivity contribution < 1.29 is 18.4 Å². The number of phenols is 1. The molecule has 0 aliphatic heterocycles. The van der Waals surface area contributed by atoms with Crippen LogP contribution in [0, 0.1) is 10.1 Å². The molecular weight excluding hydrogens is 292 g/mol. The van der Waals surface area contributed by atoms with Crippen LogP contribution in [0.3, 0.4) is 0 Å². The molecule has 0 aliphatic carbocycles. The van der Waals surface area contributed by atoms with Crippen molar-refractivity contribution in [2.45, 2.75) is 4.21 Å². The van der Waals surface area contributed by atoms with Crippen molar-refractivity contribution in [1.82, 2.24) is 0 Å². The van der Waals surface area contributed by atoms with Crippen LogP contribution in [0.5, 0.6) is 5.75 Å².